The molecule has 0 fully saturated rings. The molecule has 6 heteroatoms. The Morgan fingerprint density at radius 3 is 2.38 bits per heavy atom. The minimum Gasteiger partial charge on any atom is -0.383 e. The number of alkyl halides is 3. The summed E-state index contributed by atoms with van der Waals surface area (Å²) >= 11 is 0. The number of imidazole rings is 1. The highest BCUT2D eigenvalue weighted by Gasteiger charge is 2.30. The fourth-order valence-electron chi connectivity index (χ4n) is 2.08. The van der Waals surface area contributed by atoms with E-state index in [2.05, 4.69) is 10.9 Å². The second-order valence-electron chi connectivity index (χ2n) is 4.48. The van der Waals surface area contributed by atoms with E-state index in [1.165, 1.54) is 12.1 Å². The maximum Gasteiger partial charge on any atom is 0.416 e. The first-order valence-corrected chi connectivity index (χ1v) is 6.34. The molecule has 2 N–H and O–H groups in total. The monoisotopic (exact) mass is 293 g/mol. The molecule has 0 atom stereocenters. The Labute approximate surface area is 120 Å². The SMILES string of the molecule is C#CCn1c(CC)nc(-c2ccc(C(F)(F)F)cc2)c1N. The fourth-order valence-corrected chi connectivity index (χ4v) is 2.08. The topological polar surface area (TPSA) is 43.8 Å². The van der Waals surface area contributed by atoms with Crippen LogP contribution in [0.5, 0.6) is 0 Å². The van der Waals surface area contributed by atoms with Gasteiger partial charge in [0.1, 0.15) is 17.3 Å². The molecule has 21 heavy (non-hydrogen) atoms. The molecule has 0 saturated carbocycles. The van der Waals surface area contributed by atoms with Crippen LogP contribution in [-0.4, -0.2) is 9.55 Å². The molecule has 0 spiro atoms. The zero-order valence-electron chi connectivity index (χ0n) is 11.4. The summed E-state index contributed by atoms with van der Waals surface area (Å²) in [5, 5.41) is 0. The van der Waals surface area contributed by atoms with Crippen LogP contribution in [0.1, 0.15) is 18.3 Å². The van der Waals surface area contributed by atoms with Gasteiger partial charge in [0.15, 0.2) is 0 Å². The molecule has 1 aromatic heterocycles. The lowest BCUT2D eigenvalue weighted by Crippen LogP contribution is -2.05. The molecule has 2 rings (SSSR count). The molecule has 0 aliphatic carbocycles. The van der Waals surface area contributed by atoms with E-state index < -0.39 is 11.7 Å². The zero-order valence-corrected chi connectivity index (χ0v) is 11.4. The molecule has 1 heterocycles. The minimum atomic E-state index is -4.36. The second kappa shape index (κ2) is 5.52. The van der Waals surface area contributed by atoms with Crippen LogP contribution in [0.3, 0.4) is 0 Å². The molecular weight excluding hydrogens is 279 g/mol. The number of rotatable bonds is 3. The van der Waals surface area contributed by atoms with Crippen LogP contribution in [0, 0.1) is 12.3 Å². The molecule has 0 radical (unpaired) electrons. The number of aromatic nitrogens is 2. The van der Waals surface area contributed by atoms with E-state index in [0.29, 0.717) is 29.3 Å². The lowest BCUT2D eigenvalue weighted by atomic mass is 10.1. The molecule has 0 saturated heterocycles. The third-order valence-corrected chi connectivity index (χ3v) is 3.14. The number of hydrogen-bond acceptors (Lipinski definition) is 2. The third-order valence-electron chi connectivity index (χ3n) is 3.14. The van der Waals surface area contributed by atoms with E-state index in [4.69, 9.17) is 12.2 Å². The maximum absolute atomic E-state index is 12.6. The van der Waals surface area contributed by atoms with Crippen molar-refractivity contribution in [3.63, 3.8) is 0 Å². The summed E-state index contributed by atoms with van der Waals surface area (Å²) in [6.45, 7) is 2.19. The summed E-state index contributed by atoms with van der Waals surface area (Å²) in [6.07, 6.45) is 1.56. The van der Waals surface area contributed by atoms with E-state index in [-0.39, 0.29) is 6.54 Å². The summed E-state index contributed by atoms with van der Waals surface area (Å²) in [5.74, 6) is 3.56. The quantitative estimate of drug-likeness (QED) is 0.882. The molecule has 110 valence electrons. The maximum atomic E-state index is 12.6. The fraction of sp³-hybridized carbons (Fsp3) is 0.267. The minimum absolute atomic E-state index is 0.280. The van der Waals surface area contributed by atoms with Gasteiger partial charge < -0.3 is 10.3 Å². The van der Waals surface area contributed by atoms with Crippen molar-refractivity contribution in [2.45, 2.75) is 26.1 Å². The van der Waals surface area contributed by atoms with E-state index in [1.807, 2.05) is 6.92 Å². The highest BCUT2D eigenvalue weighted by molar-refractivity contribution is 5.71. The first-order valence-electron chi connectivity index (χ1n) is 6.34. The van der Waals surface area contributed by atoms with Crippen molar-refractivity contribution >= 4 is 5.82 Å². The summed E-state index contributed by atoms with van der Waals surface area (Å²) in [5.41, 5.74) is 6.29. The van der Waals surface area contributed by atoms with Gasteiger partial charge in [0.25, 0.3) is 0 Å². The van der Waals surface area contributed by atoms with Gasteiger partial charge in [-0.3, -0.25) is 0 Å². The Morgan fingerprint density at radius 2 is 1.90 bits per heavy atom. The van der Waals surface area contributed by atoms with E-state index >= 15 is 0 Å². The number of terminal acetylenes is 1. The smallest absolute Gasteiger partial charge is 0.383 e. The molecule has 0 bridgehead atoms. The lowest BCUT2D eigenvalue weighted by molar-refractivity contribution is -0.137. The number of nitrogen functional groups attached to an aromatic ring is 1. The van der Waals surface area contributed by atoms with Crippen LogP contribution in [0.25, 0.3) is 11.3 Å². The molecule has 0 amide bonds. The summed E-state index contributed by atoms with van der Waals surface area (Å²) in [7, 11) is 0. The largest absolute Gasteiger partial charge is 0.416 e. The Bertz CT molecular complexity index is 676. The van der Waals surface area contributed by atoms with Crippen molar-refractivity contribution in [1.29, 1.82) is 0 Å². The first-order chi connectivity index (χ1) is 9.88. The Balaban J connectivity index is 2.45. The summed E-state index contributed by atoms with van der Waals surface area (Å²) in [4.78, 5) is 4.37. The number of halogens is 3. The number of nitrogens with two attached hydrogens (primary N) is 1. The average Bonchev–Trinajstić information content (AvgIpc) is 2.76. The zero-order chi connectivity index (χ0) is 15.6. The van der Waals surface area contributed by atoms with Gasteiger partial charge in [0.2, 0.25) is 0 Å². The standard InChI is InChI=1S/C15H14F3N3/c1-3-9-21-12(4-2)20-13(14(21)19)10-5-7-11(8-6-10)15(16,17)18/h1,5-8H,4,9,19H2,2H3. The van der Waals surface area contributed by atoms with Gasteiger partial charge in [-0.1, -0.05) is 25.0 Å². The van der Waals surface area contributed by atoms with Crippen LogP contribution < -0.4 is 5.73 Å². The molecule has 0 aliphatic rings. The predicted octanol–water partition coefficient (Wildman–Crippen LogP) is 3.35. The van der Waals surface area contributed by atoms with Crippen molar-refractivity contribution in [2.24, 2.45) is 0 Å². The van der Waals surface area contributed by atoms with Crippen LogP contribution in [0.2, 0.25) is 0 Å². The van der Waals surface area contributed by atoms with E-state index in [9.17, 15) is 13.2 Å². The van der Waals surface area contributed by atoms with Crippen molar-refractivity contribution < 1.29 is 13.2 Å². The number of anilines is 1. The first kappa shape index (κ1) is 15.0. The molecule has 2 aromatic rings. The van der Waals surface area contributed by atoms with Crippen molar-refractivity contribution in [3.8, 4) is 23.6 Å². The summed E-state index contributed by atoms with van der Waals surface area (Å²) < 4.78 is 39.4. The Hall–Kier alpha value is -2.42. The average molecular weight is 293 g/mol. The van der Waals surface area contributed by atoms with Gasteiger partial charge in [-0.05, 0) is 12.1 Å². The van der Waals surface area contributed by atoms with Crippen molar-refractivity contribution in [2.75, 3.05) is 5.73 Å². The van der Waals surface area contributed by atoms with Gasteiger partial charge in [-0.25, -0.2) is 4.98 Å². The number of benzene rings is 1. The number of hydrogen-bond donors (Lipinski definition) is 1. The highest BCUT2D eigenvalue weighted by Crippen LogP contribution is 2.32. The van der Waals surface area contributed by atoms with Crippen molar-refractivity contribution in [3.05, 3.63) is 35.7 Å². The predicted molar refractivity (Wildman–Crippen MR) is 75.3 cm³/mol. The lowest BCUT2D eigenvalue weighted by Gasteiger charge is -2.07. The van der Waals surface area contributed by atoms with Gasteiger partial charge >= 0.3 is 6.18 Å². The van der Waals surface area contributed by atoms with Crippen molar-refractivity contribution in [1.82, 2.24) is 9.55 Å². The van der Waals surface area contributed by atoms with Gasteiger partial charge in [0, 0.05) is 12.0 Å². The Kier molecular flexibility index (Phi) is 3.94. The molecule has 0 aliphatic heterocycles. The van der Waals surface area contributed by atoms with Gasteiger partial charge in [0.05, 0.1) is 12.1 Å². The second-order valence-corrected chi connectivity index (χ2v) is 4.48. The van der Waals surface area contributed by atoms with Crippen LogP contribution in [0.15, 0.2) is 24.3 Å². The van der Waals surface area contributed by atoms with Crippen LogP contribution >= 0.6 is 0 Å². The van der Waals surface area contributed by atoms with Gasteiger partial charge in [-0.2, -0.15) is 13.2 Å². The Morgan fingerprint density at radius 1 is 1.29 bits per heavy atom. The van der Waals surface area contributed by atoms with E-state index in [0.717, 1.165) is 12.1 Å². The molecular formula is C15H14F3N3. The third kappa shape index (κ3) is 2.87. The number of nitrogens with zero attached hydrogens (tertiary/aromatic N) is 2. The van der Waals surface area contributed by atoms with E-state index in [1.54, 1.807) is 4.57 Å². The number of aryl methyl sites for hydroxylation is 1. The molecule has 3 nitrogen and oxygen atoms in total. The summed E-state index contributed by atoms with van der Waals surface area (Å²) in [6, 6.07) is 4.75. The van der Waals surface area contributed by atoms with Gasteiger partial charge in [-0.15, -0.1) is 6.42 Å². The van der Waals surface area contributed by atoms with Crippen LogP contribution in [-0.2, 0) is 19.1 Å². The normalized spacial score (nSPS) is 11.4. The molecule has 0 unspecified atom stereocenters. The van der Waals surface area contributed by atoms with Crippen LogP contribution in [0.4, 0.5) is 19.0 Å². The molecule has 1 aromatic carbocycles. The highest BCUT2D eigenvalue weighted by atomic mass is 19.4.